The van der Waals surface area contributed by atoms with Crippen molar-refractivity contribution in [3.8, 4) is 5.75 Å². The van der Waals surface area contributed by atoms with E-state index in [2.05, 4.69) is 0 Å². The molecule has 1 heterocycles. The van der Waals surface area contributed by atoms with Gasteiger partial charge in [-0.2, -0.15) is 0 Å². The lowest BCUT2D eigenvalue weighted by Crippen LogP contribution is -2.59. The number of carbonyl (C=O) groups excluding carboxylic acids is 3. The zero-order chi connectivity index (χ0) is 26.0. The van der Waals surface area contributed by atoms with Gasteiger partial charge in [-0.25, -0.2) is 4.79 Å². The number of nitrogens with two attached hydrogens (primary N) is 1. The molecule has 1 aromatic rings. The molecule has 1 aliphatic heterocycles. The SMILES string of the molecule is CCCC(=O)O[C@@H]1[C@@H](OC(=O)CCC)[C@@H](Oc2ccc(N)cc2C(=O)O)OC[C@H]1OC(=O)CCC. The molecule has 0 unspecified atom stereocenters. The largest absolute Gasteiger partial charge is 0.478 e. The third kappa shape index (κ3) is 8.13. The van der Waals surface area contributed by atoms with Crippen molar-refractivity contribution in [3.05, 3.63) is 23.8 Å². The Kier molecular flexibility index (Phi) is 10.8. The van der Waals surface area contributed by atoms with Crippen LogP contribution in [0.4, 0.5) is 5.69 Å². The van der Waals surface area contributed by atoms with E-state index in [4.69, 9.17) is 29.4 Å². The Hall–Kier alpha value is -3.34. The van der Waals surface area contributed by atoms with Crippen molar-refractivity contribution in [3.63, 3.8) is 0 Å². The molecule has 1 aromatic carbocycles. The minimum absolute atomic E-state index is 0.0708. The summed E-state index contributed by atoms with van der Waals surface area (Å²) in [4.78, 5) is 48.7. The Labute approximate surface area is 203 Å². The Morgan fingerprint density at radius 2 is 1.46 bits per heavy atom. The van der Waals surface area contributed by atoms with Crippen LogP contribution in [0.25, 0.3) is 0 Å². The number of anilines is 1. The van der Waals surface area contributed by atoms with Crippen LogP contribution >= 0.6 is 0 Å². The molecule has 194 valence electrons. The fourth-order valence-corrected chi connectivity index (χ4v) is 3.42. The second-order valence-electron chi connectivity index (χ2n) is 8.07. The first kappa shape index (κ1) is 27.9. The highest BCUT2D eigenvalue weighted by molar-refractivity contribution is 5.92. The van der Waals surface area contributed by atoms with Crippen LogP contribution in [0, 0.1) is 0 Å². The molecular weight excluding hydrogens is 462 g/mol. The summed E-state index contributed by atoms with van der Waals surface area (Å²) in [7, 11) is 0. The number of carboxylic acid groups (broad SMARTS) is 1. The number of esters is 3. The minimum atomic E-state index is -1.35. The molecule has 0 amide bonds. The molecule has 2 rings (SSSR count). The lowest BCUT2D eigenvalue weighted by atomic mass is 10.0. The summed E-state index contributed by atoms with van der Waals surface area (Å²) in [5, 5.41) is 9.53. The lowest BCUT2D eigenvalue weighted by molar-refractivity contribution is -0.261. The molecule has 0 spiro atoms. The number of aromatic carboxylic acids is 1. The molecule has 0 aliphatic carbocycles. The van der Waals surface area contributed by atoms with Gasteiger partial charge in [0.25, 0.3) is 0 Å². The number of carbonyl (C=O) groups is 4. The Morgan fingerprint density at radius 3 is 2.00 bits per heavy atom. The smallest absolute Gasteiger partial charge is 0.339 e. The van der Waals surface area contributed by atoms with Crippen LogP contribution in [-0.4, -0.2) is 60.2 Å². The molecule has 35 heavy (non-hydrogen) atoms. The summed E-state index contributed by atoms with van der Waals surface area (Å²) in [5.41, 5.74) is 5.67. The summed E-state index contributed by atoms with van der Waals surface area (Å²) in [6.07, 6.45) is -3.11. The van der Waals surface area contributed by atoms with Crippen molar-refractivity contribution >= 4 is 29.6 Å². The van der Waals surface area contributed by atoms with Crippen molar-refractivity contribution in [2.75, 3.05) is 12.3 Å². The molecular formula is C24H33NO10. The zero-order valence-electron chi connectivity index (χ0n) is 20.2. The summed E-state index contributed by atoms with van der Waals surface area (Å²) in [5.74, 6) is -3.09. The van der Waals surface area contributed by atoms with E-state index in [-0.39, 0.29) is 42.9 Å². The van der Waals surface area contributed by atoms with E-state index in [0.717, 1.165) is 0 Å². The molecule has 0 saturated carbocycles. The van der Waals surface area contributed by atoms with E-state index < -0.39 is 48.5 Å². The molecule has 0 aromatic heterocycles. The van der Waals surface area contributed by atoms with Crippen LogP contribution in [0.5, 0.6) is 5.75 Å². The van der Waals surface area contributed by atoms with Gasteiger partial charge in [0.15, 0.2) is 12.2 Å². The van der Waals surface area contributed by atoms with E-state index >= 15 is 0 Å². The monoisotopic (exact) mass is 495 g/mol. The summed E-state index contributed by atoms with van der Waals surface area (Å²) in [6, 6.07) is 4.00. The van der Waals surface area contributed by atoms with Gasteiger partial charge in [0.2, 0.25) is 12.4 Å². The van der Waals surface area contributed by atoms with Gasteiger partial charge in [0.1, 0.15) is 11.3 Å². The Balaban J connectivity index is 2.41. The fraction of sp³-hybridized carbons (Fsp3) is 0.583. The lowest BCUT2D eigenvalue weighted by Gasteiger charge is -2.40. The van der Waals surface area contributed by atoms with Crippen molar-refractivity contribution in [1.29, 1.82) is 0 Å². The number of hydrogen-bond donors (Lipinski definition) is 2. The summed E-state index contributed by atoms with van der Waals surface area (Å²) in [6.45, 7) is 5.16. The molecule has 1 saturated heterocycles. The maximum absolute atomic E-state index is 12.4. The molecule has 1 fully saturated rings. The van der Waals surface area contributed by atoms with Gasteiger partial charge in [-0.1, -0.05) is 20.8 Å². The highest BCUT2D eigenvalue weighted by Crippen LogP contribution is 2.30. The van der Waals surface area contributed by atoms with E-state index in [1.54, 1.807) is 13.8 Å². The van der Waals surface area contributed by atoms with Crippen LogP contribution in [-0.2, 0) is 33.3 Å². The first-order valence-corrected chi connectivity index (χ1v) is 11.7. The molecule has 3 N–H and O–H groups in total. The van der Waals surface area contributed by atoms with Crippen LogP contribution in [0.3, 0.4) is 0 Å². The topological polar surface area (TPSA) is 161 Å². The van der Waals surface area contributed by atoms with Gasteiger partial charge in [-0.3, -0.25) is 14.4 Å². The number of ether oxygens (including phenoxy) is 5. The molecule has 11 heteroatoms. The van der Waals surface area contributed by atoms with E-state index in [9.17, 15) is 24.3 Å². The number of carboxylic acids is 1. The third-order valence-corrected chi connectivity index (χ3v) is 5.04. The normalized spacial score (nSPS) is 21.6. The van der Waals surface area contributed by atoms with Gasteiger partial charge in [-0.15, -0.1) is 0 Å². The summed E-state index contributed by atoms with van der Waals surface area (Å²) < 4.78 is 28.1. The van der Waals surface area contributed by atoms with Crippen molar-refractivity contribution < 1.29 is 48.0 Å². The zero-order valence-corrected chi connectivity index (χ0v) is 20.2. The second kappa shape index (κ2) is 13.5. The predicted octanol–water partition coefficient (Wildman–Crippen LogP) is 2.84. The van der Waals surface area contributed by atoms with E-state index in [1.165, 1.54) is 18.2 Å². The first-order valence-electron chi connectivity index (χ1n) is 11.7. The number of nitrogen functional groups attached to an aromatic ring is 1. The van der Waals surface area contributed by atoms with Gasteiger partial charge in [-0.05, 0) is 37.5 Å². The average Bonchev–Trinajstić information content (AvgIpc) is 2.79. The number of rotatable bonds is 12. The Morgan fingerprint density at radius 1 is 0.914 bits per heavy atom. The van der Waals surface area contributed by atoms with Gasteiger partial charge >= 0.3 is 23.9 Å². The van der Waals surface area contributed by atoms with Crippen molar-refractivity contribution in [1.82, 2.24) is 0 Å². The Bertz CT molecular complexity index is 902. The van der Waals surface area contributed by atoms with Gasteiger partial charge in [0.05, 0.1) is 6.61 Å². The van der Waals surface area contributed by atoms with Crippen LogP contribution in [0.2, 0.25) is 0 Å². The van der Waals surface area contributed by atoms with E-state index in [1.807, 2.05) is 6.92 Å². The third-order valence-electron chi connectivity index (χ3n) is 5.04. The van der Waals surface area contributed by atoms with Crippen molar-refractivity contribution in [2.24, 2.45) is 0 Å². The maximum atomic E-state index is 12.4. The molecule has 1 aliphatic rings. The van der Waals surface area contributed by atoms with E-state index in [0.29, 0.717) is 19.3 Å². The minimum Gasteiger partial charge on any atom is -0.478 e. The number of hydrogen-bond acceptors (Lipinski definition) is 10. The standard InChI is InChI=1S/C24H33NO10/c1-4-7-18(26)32-17-13-31-24(33-16-11-10-14(25)12-15(16)23(29)30)22(35-20(28)9-6-3)21(17)34-19(27)8-5-2/h10-12,17,21-22,24H,4-9,13,25H2,1-3H3,(H,29,30)/t17-,21+,22-,24-/m1/s1. The predicted molar refractivity (Wildman–Crippen MR) is 123 cm³/mol. The van der Waals surface area contributed by atoms with Gasteiger partial charge < -0.3 is 34.5 Å². The van der Waals surface area contributed by atoms with Crippen LogP contribution in [0.1, 0.15) is 69.7 Å². The van der Waals surface area contributed by atoms with Crippen molar-refractivity contribution in [2.45, 2.75) is 83.9 Å². The molecule has 0 bridgehead atoms. The number of benzene rings is 1. The quantitative estimate of drug-likeness (QED) is 0.249. The molecule has 0 radical (unpaired) electrons. The highest BCUT2D eigenvalue weighted by Gasteiger charge is 2.49. The maximum Gasteiger partial charge on any atom is 0.339 e. The van der Waals surface area contributed by atoms with Crippen LogP contribution in [0.15, 0.2) is 18.2 Å². The average molecular weight is 496 g/mol. The highest BCUT2D eigenvalue weighted by atomic mass is 16.7. The fourth-order valence-electron chi connectivity index (χ4n) is 3.42. The summed E-state index contributed by atoms with van der Waals surface area (Å²) >= 11 is 0. The van der Waals surface area contributed by atoms with Gasteiger partial charge in [0, 0.05) is 24.9 Å². The van der Waals surface area contributed by atoms with Crippen LogP contribution < -0.4 is 10.5 Å². The first-order chi connectivity index (χ1) is 16.7. The molecule has 4 atom stereocenters. The molecule has 11 nitrogen and oxygen atoms in total. The second-order valence-corrected chi connectivity index (χ2v) is 8.07.